The van der Waals surface area contributed by atoms with E-state index >= 15 is 0 Å². The first-order chi connectivity index (χ1) is 13.2. The highest BCUT2D eigenvalue weighted by Crippen LogP contribution is 2.26. The molecule has 8 N–H and O–H groups in total. The number of ether oxygens (including phenoxy) is 2. The number of aliphatic hydroxyl groups is 5. The molecule has 0 unspecified atom stereocenters. The maximum Gasteiger partial charge on any atom is 0.280 e. The molecule has 3 rings (SSSR count). The van der Waals surface area contributed by atoms with Crippen molar-refractivity contribution in [2.75, 3.05) is 12.3 Å². The normalized spacial score (nSPS) is 30.3. The van der Waals surface area contributed by atoms with Gasteiger partial charge in [0.15, 0.2) is 17.5 Å². The van der Waals surface area contributed by atoms with Crippen molar-refractivity contribution in [3.63, 3.8) is 0 Å². The van der Waals surface area contributed by atoms with Crippen molar-refractivity contribution in [3.05, 3.63) is 22.2 Å². The van der Waals surface area contributed by atoms with Crippen molar-refractivity contribution in [1.29, 1.82) is 0 Å². The van der Waals surface area contributed by atoms with Crippen LogP contribution < -0.4 is 11.3 Å². The highest BCUT2D eigenvalue weighted by molar-refractivity contribution is 5.69. The quantitative estimate of drug-likeness (QED) is 0.261. The molecule has 7 atom stereocenters. The van der Waals surface area contributed by atoms with Crippen LogP contribution in [0.15, 0.2) is 11.0 Å². The Kier molecular flexibility index (Phi) is 5.85. The number of hydrogen-bond donors (Lipinski definition) is 7. The van der Waals surface area contributed by atoms with Crippen LogP contribution in [0, 0.1) is 0 Å². The van der Waals surface area contributed by atoms with Crippen LogP contribution in [0.4, 0.5) is 5.95 Å². The Morgan fingerprint density at radius 3 is 2.68 bits per heavy atom. The van der Waals surface area contributed by atoms with E-state index in [0.717, 1.165) is 0 Å². The van der Waals surface area contributed by atoms with Gasteiger partial charge in [0.25, 0.3) is 5.56 Å². The first-order valence-corrected chi connectivity index (χ1v) is 8.39. The predicted octanol–water partition coefficient (Wildman–Crippen LogP) is -3.47. The third-order valence-corrected chi connectivity index (χ3v) is 4.40. The average molecular weight is 399 g/mol. The van der Waals surface area contributed by atoms with Gasteiger partial charge in [0.05, 0.1) is 24.6 Å². The molecule has 13 nitrogen and oxygen atoms in total. The number of fused-ring (bicyclic) bond motifs is 1. The lowest BCUT2D eigenvalue weighted by Gasteiger charge is -2.40. The summed E-state index contributed by atoms with van der Waals surface area (Å²) in [7, 11) is 0. The van der Waals surface area contributed by atoms with E-state index in [9.17, 15) is 30.3 Å². The van der Waals surface area contributed by atoms with Crippen LogP contribution in [0.2, 0.25) is 0 Å². The third kappa shape index (κ3) is 3.81. The minimum absolute atomic E-state index is 0.000273. The number of hydrogen-bond acceptors (Lipinski definition) is 12. The molecule has 2 aromatic rings. The third-order valence-electron chi connectivity index (χ3n) is 4.40. The van der Waals surface area contributed by atoms with Crippen molar-refractivity contribution in [1.82, 2.24) is 19.9 Å². The van der Waals surface area contributed by atoms with Gasteiger partial charge in [-0.15, -0.1) is 0 Å². The van der Waals surface area contributed by atoms with Gasteiger partial charge >= 0.3 is 0 Å². The number of rotatable bonds is 5. The molecule has 0 bridgehead atoms. The molecule has 0 saturated carbocycles. The maximum atomic E-state index is 11.9. The minimum atomic E-state index is -1.62. The topological polar surface area (TPSA) is 217 Å². The first-order valence-electron chi connectivity index (χ1n) is 8.39. The number of nitrogen functional groups attached to an aromatic ring is 1. The Hall–Kier alpha value is -2.26. The largest absolute Gasteiger partial charge is 0.394 e. The maximum absolute atomic E-state index is 11.9. The molecule has 13 heteroatoms. The number of aliphatic hydroxyl groups excluding tert-OH is 5. The Balaban J connectivity index is 1.78. The number of anilines is 1. The number of nitrogens with zero attached hydrogens (tertiary/aromatic N) is 3. The predicted molar refractivity (Wildman–Crippen MR) is 91.6 cm³/mol. The molecular formula is C15H21N5O8. The second-order valence-corrected chi connectivity index (χ2v) is 6.40. The smallest absolute Gasteiger partial charge is 0.280 e. The van der Waals surface area contributed by atoms with Crippen LogP contribution in [0.5, 0.6) is 0 Å². The van der Waals surface area contributed by atoms with E-state index in [4.69, 9.17) is 15.2 Å². The number of nitrogens with two attached hydrogens (primary N) is 1. The van der Waals surface area contributed by atoms with Gasteiger partial charge in [-0.3, -0.25) is 9.78 Å². The fraction of sp³-hybridized carbons (Fsp3) is 0.600. The number of aromatic amines is 1. The highest BCUT2D eigenvalue weighted by atomic mass is 16.7. The monoisotopic (exact) mass is 399 g/mol. The summed E-state index contributed by atoms with van der Waals surface area (Å²) in [6.45, 7) is 0.820. The summed E-state index contributed by atoms with van der Waals surface area (Å²) in [6.07, 6.45) is -8.58. The molecule has 2 aromatic heterocycles. The van der Waals surface area contributed by atoms with E-state index in [1.807, 2.05) is 0 Å². The highest BCUT2D eigenvalue weighted by Gasteiger charge is 2.45. The summed E-state index contributed by atoms with van der Waals surface area (Å²) >= 11 is 0. The molecule has 154 valence electrons. The number of nitrogens with one attached hydrogen (secondary N) is 1. The molecule has 1 aliphatic rings. The second-order valence-electron chi connectivity index (χ2n) is 6.40. The number of aromatic nitrogens is 4. The van der Waals surface area contributed by atoms with Crippen LogP contribution in [-0.2, 0) is 9.47 Å². The van der Waals surface area contributed by atoms with Gasteiger partial charge in [-0.2, -0.15) is 4.98 Å². The lowest BCUT2D eigenvalue weighted by atomic mass is 9.99. The summed E-state index contributed by atoms with van der Waals surface area (Å²) in [6, 6.07) is 0. The Bertz CT molecular complexity index is 892. The molecule has 1 saturated heterocycles. The van der Waals surface area contributed by atoms with Gasteiger partial charge in [0.1, 0.15) is 30.5 Å². The molecule has 0 radical (unpaired) electrons. The van der Waals surface area contributed by atoms with E-state index in [1.54, 1.807) is 0 Å². The molecule has 3 heterocycles. The zero-order valence-electron chi connectivity index (χ0n) is 14.7. The van der Waals surface area contributed by atoms with E-state index in [-0.39, 0.29) is 22.8 Å². The fourth-order valence-corrected chi connectivity index (χ4v) is 2.80. The van der Waals surface area contributed by atoms with Gasteiger partial charge in [0.2, 0.25) is 5.95 Å². The Labute approximate surface area is 157 Å². The van der Waals surface area contributed by atoms with E-state index in [0.29, 0.717) is 0 Å². The fourth-order valence-electron chi connectivity index (χ4n) is 2.80. The summed E-state index contributed by atoms with van der Waals surface area (Å²) in [5.74, 6) is -0.126. The van der Waals surface area contributed by atoms with Gasteiger partial charge in [-0.25, -0.2) is 9.97 Å². The first kappa shape index (κ1) is 20.5. The van der Waals surface area contributed by atoms with Crippen molar-refractivity contribution in [3.8, 4) is 0 Å². The molecule has 0 spiro atoms. The molecular weight excluding hydrogens is 378 g/mol. The number of H-pyrrole nitrogens is 1. The van der Waals surface area contributed by atoms with Crippen LogP contribution in [0.1, 0.15) is 18.7 Å². The lowest BCUT2D eigenvalue weighted by molar-refractivity contribution is -0.315. The second kappa shape index (κ2) is 8.00. The summed E-state index contributed by atoms with van der Waals surface area (Å²) in [5.41, 5.74) is 4.66. The Morgan fingerprint density at radius 1 is 1.29 bits per heavy atom. The standard InChI is InChI=1S/C15H21N5O8/c1-4(27-14-11(25)10(24)9(23)6(3-21)28-14)8(22)5-2-17-12-7(18-5)13(26)20-15(16)19-12/h2,4,6,8-11,14,21-25H,3H2,1H3,(H3,16,17,19,20,26)/t4-,6+,8-,9+,10-,11+,14-/m0/s1. The molecule has 1 fully saturated rings. The zero-order chi connectivity index (χ0) is 20.6. The lowest BCUT2D eigenvalue weighted by Crippen LogP contribution is -2.59. The summed E-state index contributed by atoms with van der Waals surface area (Å²) < 4.78 is 10.7. The molecule has 0 aromatic carbocycles. The summed E-state index contributed by atoms with van der Waals surface area (Å²) in [5, 5.41) is 49.3. The van der Waals surface area contributed by atoms with Crippen LogP contribution in [0.25, 0.3) is 11.2 Å². The van der Waals surface area contributed by atoms with Gasteiger partial charge in [-0.05, 0) is 6.92 Å². The van der Waals surface area contributed by atoms with Gasteiger partial charge in [0, 0.05) is 0 Å². The Morgan fingerprint density at radius 2 is 2.00 bits per heavy atom. The van der Waals surface area contributed by atoms with E-state index in [2.05, 4.69) is 19.9 Å². The van der Waals surface area contributed by atoms with Gasteiger partial charge < -0.3 is 40.7 Å². The van der Waals surface area contributed by atoms with Crippen molar-refractivity contribution < 1.29 is 35.0 Å². The van der Waals surface area contributed by atoms with Gasteiger partial charge in [-0.1, -0.05) is 0 Å². The molecule has 1 aliphatic heterocycles. The van der Waals surface area contributed by atoms with Crippen molar-refractivity contribution >= 4 is 17.1 Å². The van der Waals surface area contributed by atoms with Crippen LogP contribution in [0.3, 0.4) is 0 Å². The molecule has 0 amide bonds. The van der Waals surface area contributed by atoms with Crippen molar-refractivity contribution in [2.24, 2.45) is 0 Å². The van der Waals surface area contributed by atoms with Crippen molar-refractivity contribution in [2.45, 2.75) is 49.8 Å². The van der Waals surface area contributed by atoms with E-state index in [1.165, 1.54) is 13.1 Å². The van der Waals surface area contributed by atoms with E-state index < -0.39 is 55.1 Å². The minimum Gasteiger partial charge on any atom is -0.394 e. The molecule has 0 aliphatic carbocycles. The molecule has 28 heavy (non-hydrogen) atoms. The zero-order valence-corrected chi connectivity index (χ0v) is 14.7. The average Bonchev–Trinajstić information content (AvgIpc) is 2.67. The summed E-state index contributed by atoms with van der Waals surface area (Å²) in [4.78, 5) is 26.0. The SMILES string of the molecule is C[C@H](O[C@H]1O[C@H](CO)[C@@H](O)[C@H](O)[C@H]1O)[C@H](O)c1cnc2nc(N)[nH]c(=O)c2n1. The van der Waals surface area contributed by atoms with Crippen LogP contribution in [-0.4, -0.2) is 88.9 Å². The van der Waals surface area contributed by atoms with Crippen LogP contribution >= 0.6 is 0 Å².